The molecule has 9 atom stereocenters. The van der Waals surface area contributed by atoms with Crippen LogP contribution in [0.3, 0.4) is 0 Å². The number of rotatable bonds is 27. The fourth-order valence-corrected chi connectivity index (χ4v) is 3.80. The molecule has 9 N–H and O–H groups in total. The van der Waals surface area contributed by atoms with Gasteiger partial charge in [0.2, 0.25) is 0 Å². The highest BCUT2D eigenvalue weighted by Crippen LogP contribution is 2.24. The third kappa shape index (κ3) is 17.7. The van der Waals surface area contributed by atoms with Crippen molar-refractivity contribution in [2.24, 2.45) is 5.16 Å². The van der Waals surface area contributed by atoms with E-state index in [0.717, 1.165) is 0 Å². The number of amides is 1. The minimum atomic E-state index is -1.94. The number of aliphatic hydroxyl groups is 7. The van der Waals surface area contributed by atoms with E-state index in [2.05, 4.69) is 10.5 Å². The van der Waals surface area contributed by atoms with Crippen molar-refractivity contribution in [1.82, 2.24) is 5.32 Å². The van der Waals surface area contributed by atoms with E-state index in [4.69, 9.17) is 38.4 Å². The van der Waals surface area contributed by atoms with Crippen molar-refractivity contribution in [1.29, 1.82) is 0 Å². The largest absolute Gasteiger partial charge is 0.481 e. The molecule has 0 aliphatic carbocycles. The van der Waals surface area contributed by atoms with Crippen LogP contribution in [-0.2, 0) is 42.8 Å². The summed E-state index contributed by atoms with van der Waals surface area (Å²) in [7, 11) is 0. The molecule has 1 aliphatic heterocycles. The van der Waals surface area contributed by atoms with E-state index in [1.807, 2.05) is 0 Å². The molecule has 1 amide bonds. The minimum Gasteiger partial charge on any atom is -0.481 e. The normalized spacial score (nSPS) is 24.4. The zero-order valence-electron chi connectivity index (χ0n) is 25.9. The van der Waals surface area contributed by atoms with Gasteiger partial charge < -0.3 is 79.4 Å². The molecular weight excluding hydrogens is 624 g/mol. The number of aliphatic hydroxyl groups excluding tert-OH is 7. The predicted molar refractivity (Wildman–Crippen MR) is 155 cm³/mol. The van der Waals surface area contributed by atoms with Gasteiger partial charge in [-0.05, 0) is 12.8 Å². The molecule has 0 radical (unpaired) electrons. The van der Waals surface area contributed by atoms with Crippen molar-refractivity contribution in [2.75, 3.05) is 72.6 Å². The van der Waals surface area contributed by atoms with E-state index in [1.54, 1.807) is 6.92 Å². The SMILES string of the molecule is CCC1O[C@H](OCC(O)[C@@H](O)[C@@H](O)C(O)/C=N/OCC(=O)NCCOCCOCCOCCOCCCC(=O)O)C(O)[C@H](O)[C@@H]1O. The van der Waals surface area contributed by atoms with Gasteiger partial charge in [0.25, 0.3) is 5.91 Å². The van der Waals surface area contributed by atoms with Gasteiger partial charge in [0.15, 0.2) is 12.9 Å². The first-order chi connectivity index (χ1) is 22.0. The van der Waals surface area contributed by atoms with E-state index in [-0.39, 0.29) is 19.6 Å². The summed E-state index contributed by atoms with van der Waals surface area (Å²) in [6, 6.07) is 0. The van der Waals surface area contributed by atoms with Crippen LogP contribution in [0.25, 0.3) is 0 Å². The summed E-state index contributed by atoms with van der Waals surface area (Å²) in [5.41, 5.74) is 0. The summed E-state index contributed by atoms with van der Waals surface area (Å²) in [6.45, 7) is 3.32. The maximum atomic E-state index is 11.8. The average molecular weight is 675 g/mol. The molecule has 19 nitrogen and oxygen atoms in total. The number of carboxylic acids is 1. The van der Waals surface area contributed by atoms with Crippen LogP contribution in [0.1, 0.15) is 26.2 Å². The molecule has 0 aromatic carbocycles. The van der Waals surface area contributed by atoms with Crippen LogP contribution in [0.5, 0.6) is 0 Å². The van der Waals surface area contributed by atoms with Crippen LogP contribution in [0, 0.1) is 0 Å². The molecule has 1 heterocycles. The Morgan fingerprint density at radius 1 is 0.848 bits per heavy atom. The van der Waals surface area contributed by atoms with Gasteiger partial charge in [-0.25, -0.2) is 0 Å². The Hall–Kier alpha value is -2.11. The summed E-state index contributed by atoms with van der Waals surface area (Å²) >= 11 is 0. The van der Waals surface area contributed by atoms with Crippen LogP contribution < -0.4 is 5.32 Å². The Balaban J connectivity index is 2.07. The first kappa shape index (κ1) is 41.9. The van der Waals surface area contributed by atoms with Crippen LogP contribution in [0.15, 0.2) is 5.16 Å². The number of nitrogens with zero attached hydrogens (tertiary/aromatic N) is 1. The zero-order chi connectivity index (χ0) is 34.3. The summed E-state index contributed by atoms with van der Waals surface area (Å²) in [4.78, 5) is 26.9. The lowest BCUT2D eigenvalue weighted by atomic mass is 9.97. The van der Waals surface area contributed by atoms with E-state index >= 15 is 0 Å². The molecule has 0 bridgehead atoms. The second-order valence-corrected chi connectivity index (χ2v) is 10.1. The third-order valence-electron chi connectivity index (χ3n) is 6.44. The molecule has 0 spiro atoms. The van der Waals surface area contributed by atoms with E-state index in [0.29, 0.717) is 65.3 Å². The number of carbonyl (C=O) groups is 2. The lowest BCUT2D eigenvalue weighted by Crippen LogP contribution is -2.58. The molecule has 19 heteroatoms. The number of carbonyl (C=O) groups excluding carboxylic acids is 1. The minimum absolute atomic E-state index is 0.0700. The van der Waals surface area contributed by atoms with Gasteiger partial charge in [-0.15, -0.1) is 0 Å². The number of nitrogens with one attached hydrogen (secondary N) is 1. The lowest BCUT2D eigenvalue weighted by Gasteiger charge is -2.40. The van der Waals surface area contributed by atoms with Gasteiger partial charge in [0.05, 0.1) is 65.2 Å². The van der Waals surface area contributed by atoms with Gasteiger partial charge in [0, 0.05) is 19.6 Å². The molecule has 4 unspecified atom stereocenters. The summed E-state index contributed by atoms with van der Waals surface area (Å²) in [5, 5.41) is 84.5. The van der Waals surface area contributed by atoms with Gasteiger partial charge in [-0.2, -0.15) is 0 Å². The quantitative estimate of drug-likeness (QED) is 0.0226. The number of carboxylic acid groups (broad SMARTS) is 1. The van der Waals surface area contributed by atoms with Crippen LogP contribution in [0.2, 0.25) is 0 Å². The Kier molecular flexibility index (Phi) is 22.8. The number of ether oxygens (including phenoxy) is 6. The summed E-state index contributed by atoms with van der Waals surface area (Å²) in [6.07, 6.45) is -12.7. The topological polar surface area (TPSA) is 285 Å². The second kappa shape index (κ2) is 25.0. The highest BCUT2D eigenvalue weighted by Gasteiger charge is 2.44. The summed E-state index contributed by atoms with van der Waals surface area (Å²) in [5.74, 6) is -1.40. The Morgan fingerprint density at radius 3 is 2.02 bits per heavy atom. The summed E-state index contributed by atoms with van der Waals surface area (Å²) < 4.78 is 31.7. The first-order valence-corrected chi connectivity index (χ1v) is 15.0. The predicted octanol–water partition coefficient (Wildman–Crippen LogP) is -4.29. The number of hydrogen-bond acceptors (Lipinski definition) is 17. The Labute approximate surface area is 266 Å². The zero-order valence-corrected chi connectivity index (χ0v) is 25.9. The van der Waals surface area contributed by atoms with Crippen molar-refractivity contribution in [3.63, 3.8) is 0 Å². The Bertz CT molecular complexity index is 838. The average Bonchev–Trinajstić information content (AvgIpc) is 3.03. The van der Waals surface area contributed by atoms with Crippen LogP contribution >= 0.6 is 0 Å². The van der Waals surface area contributed by atoms with Crippen molar-refractivity contribution in [3.8, 4) is 0 Å². The van der Waals surface area contributed by atoms with Crippen molar-refractivity contribution >= 4 is 18.1 Å². The van der Waals surface area contributed by atoms with E-state index < -0.39 is 80.2 Å². The van der Waals surface area contributed by atoms with Crippen molar-refractivity contribution in [2.45, 2.75) is 81.3 Å². The molecular formula is C27H50N2O17. The van der Waals surface area contributed by atoms with Crippen molar-refractivity contribution in [3.05, 3.63) is 0 Å². The van der Waals surface area contributed by atoms with Crippen molar-refractivity contribution < 1.29 is 83.7 Å². The van der Waals surface area contributed by atoms with Crippen LogP contribution in [0.4, 0.5) is 0 Å². The number of aliphatic carboxylic acids is 1. The number of hydrogen-bond donors (Lipinski definition) is 9. The van der Waals surface area contributed by atoms with Crippen LogP contribution in [-0.4, -0.2) is 187 Å². The molecule has 0 aromatic heterocycles. The molecule has 1 saturated heterocycles. The fourth-order valence-electron chi connectivity index (χ4n) is 3.80. The van der Waals surface area contributed by atoms with Gasteiger partial charge in [0.1, 0.15) is 42.7 Å². The first-order valence-electron chi connectivity index (χ1n) is 15.0. The lowest BCUT2D eigenvalue weighted by molar-refractivity contribution is -0.302. The maximum Gasteiger partial charge on any atom is 0.303 e. The van der Waals surface area contributed by atoms with Gasteiger partial charge in [-0.3, -0.25) is 9.59 Å². The van der Waals surface area contributed by atoms with E-state index in [9.17, 15) is 45.3 Å². The molecule has 1 fully saturated rings. The van der Waals surface area contributed by atoms with Gasteiger partial charge in [-0.1, -0.05) is 12.1 Å². The second-order valence-electron chi connectivity index (χ2n) is 10.1. The molecule has 0 aromatic rings. The fraction of sp³-hybridized carbons (Fsp3) is 0.889. The molecule has 46 heavy (non-hydrogen) atoms. The third-order valence-corrected chi connectivity index (χ3v) is 6.44. The van der Waals surface area contributed by atoms with Gasteiger partial charge >= 0.3 is 5.97 Å². The Morgan fingerprint density at radius 2 is 1.43 bits per heavy atom. The molecule has 0 saturated carbocycles. The monoisotopic (exact) mass is 674 g/mol. The highest BCUT2D eigenvalue weighted by molar-refractivity contribution is 5.77. The standard InChI is InChI=1S/C27H50N2O17/c1-2-19-24(37)25(38)26(39)27(46-19)44-15-18(31)23(36)22(35)17(30)14-29-45-16-20(32)28-5-7-41-9-11-43-13-12-42-10-8-40-6-3-4-21(33)34/h14,17-19,22-27,30-31,35-39H,2-13,15-16H2,1H3,(H,28,32)(H,33,34)/b29-14+/t17?,18?,19?,22-,23+,24+,25+,26?,27-/m0/s1. The van der Waals surface area contributed by atoms with E-state index in [1.165, 1.54) is 0 Å². The molecule has 270 valence electrons. The molecule has 1 aliphatic rings. The number of oxime groups is 1. The highest BCUT2D eigenvalue weighted by atomic mass is 16.7. The molecule has 1 rings (SSSR count). The smallest absolute Gasteiger partial charge is 0.303 e. The maximum absolute atomic E-state index is 11.8.